The van der Waals surface area contributed by atoms with Crippen molar-refractivity contribution in [2.24, 2.45) is 7.05 Å². The molecule has 1 aromatic rings. The van der Waals surface area contributed by atoms with E-state index in [2.05, 4.69) is 15.2 Å². The minimum Gasteiger partial charge on any atom is -0.374 e. The van der Waals surface area contributed by atoms with Gasteiger partial charge in [0.05, 0.1) is 6.42 Å². The lowest BCUT2D eigenvalue weighted by Crippen LogP contribution is -2.54. The Bertz CT molecular complexity index is 624. The number of hydrogen-bond acceptors (Lipinski definition) is 4. The molecule has 6 nitrogen and oxygen atoms in total. The second-order valence-corrected chi connectivity index (χ2v) is 7.53. The summed E-state index contributed by atoms with van der Waals surface area (Å²) in [6.07, 6.45) is -0.383. The summed E-state index contributed by atoms with van der Waals surface area (Å²) >= 11 is 0. The second kappa shape index (κ2) is 7.56. The van der Waals surface area contributed by atoms with Crippen LogP contribution in [0.2, 0.25) is 0 Å². The Morgan fingerprint density at radius 3 is 2.38 bits per heavy atom. The average Bonchev–Trinajstić information content (AvgIpc) is 2.99. The molecule has 0 radical (unpaired) electrons. The molecule has 0 aliphatic carbocycles. The van der Waals surface area contributed by atoms with Crippen LogP contribution in [-0.4, -0.2) is 56.8 Å². The number of halogens is 3. The molecule has 1 unspecified atom stereocenters. The van der Waals surface area contributed by atoms with E-state index in [1.165, 1.54) is 19.7 Å². The number of aryl methyl sites for hydroxylation is 1. The molecule has 1 amide bonds. The zero-order chi connectivity index (χ0) is 19.6. The van der Waals surface area contributed by atoms with Crippen molar-refractivity contribution in [3.8, 4) is 0 Å². The fraction of sp³-hybridized carbons (Fsp3) is 0.765. The molecule has 0 saturated carbocycles. The standard InChI is InChI=1S/C17H27F3N4O2/c1-15(2,24-8-5-4-6-9-24)12-22-13(25)11-16(26,17(18,19)20)14-21-7-10-23(14)3/h7,10,26H,4-6,8-9,11-12H2,1-3H3,(H,22,25). The van der Waals surface area contributed by atoms with Gasteiger partial charge in [0.1, 0.15) is 0 Å². The van der Waals surface area contributed by atoms with Crippen molar-refractivity contribution in [2.75, 3.05) is 19.6 Å². The Morgan fingerprint density at radius 1 is 1.27 bits per heavy atom. The van der Waals surface area contributed by atoms with Gasteiger partial charge >= 0.3 is 6.18 Å². The third kappa shape index (κ3) is 4.37. The van der Waals surface area contributed by atoms with Gasteiger partial charge in [0.2, 0.25) is 11.5 Å². The molecular formula is C17H27F3N4O2. The lowest BCUT2D eigenvalue weighted by molar-refractivity contribution is -0.271. The highest BCUT2D eigenvalue weighted by molar-refractivity contribution is 5.77. The van der Waals surface area contributed by atoms with E-state index in [1.54, 1.807) is 0 Å². The molecule has 1 aliphatic heterocycles. The topological polar surface area (TPSA) is 70.4 Å². The lowest BCUT2D eigenvalue weighted by atomic mass is 9.95. The third-order valence-electron chi connectivity index (χ3n) is 5.01. The Morgan fingerprint density at radius 2 is 1.88 bits per heavy atom. The third-order valence-corrected chi connectivity index (χ3v) is 5.01. The van der Waals surface area contributed by atoms with Crippen molar-refractivity contribution >= 4 is 5.91 Å². The van der Waals surface area contributed by atoms with Crippen molar-refractivity contribution in [3.05, 3.63) is 18.2 Å². The molecule has 1 saturated heterocycles. The first-order chi connectivity index (χ1) is 12.0. The monoisotopic (exact) mass is 376 g/mol. The molecule has 1 atom stereocenters. The molecule has 148 valence electrons. The van der Waals surface area contributed by atoms with Crippen LogP contribution in [-0.2, 0) is 17.4 Å². The zero-order valence-electron chi connectivity index (χ0n) is 15.4. The quantitative estimate of drug-likeness (QED) is 0.796. The molecule has 1 aromatic heterocycles. The van der Waals surface area contributed by atoms with Crippen molar-refractivity contribution in [1.29, 1.82) is 0 Å². The summed E-state index contributed by atoms with van der Waals surface area (Å²) in [6, 6.07) is 0. The van der Waals surface area contributed by atoms with E-state index in [0.29, 0.717) is 0 Å². The maximum absolute atomic E-state index is 13.5. The Labute approximate surface area is 151 Å². The summed E-state index contributed by atoms with van der Waals surface area (Å²) in [4.78, 5) is 18.0. The van der Waals surface area contributed by atoms with E-state index >= 15 is 0 Å². The fourth-order valence-electron chi connectivity index (χ4n) is 3.29. The first-order valence-corrected chi connectivity index (χ1v) is 8.76. The van der Waals surface area contributed by atoms with E-state index in [0.717, 1.165) is 36.7 Å². The van der Waals surface area contributed by atoms with Crippen LogP contribution >= 0.6 is 0 Å². The van der Waals surface area contributed by atoms with Crippen LogP contribution < -0.4 is 5.32 Å². The van der Waals surface area contributed by atoms with Gasteiger partial charge < -0.3 is 15.0 Å². The number of hydrogen-bond donors (Lipinski definition) is 2. The van der Waals surface area contributed by atoms with E-state index in [4.69, 9.17) is 0 Å². The van der Waals surface area contributed by atoms with Crippen LogP contribution in [0.4, 0.5) is 13.2 Å². The van der Waals surface area contributed by atoms with Gasteiger partial charge in [-0.15, -0.1) is 0 Å². The molecular weight excluding hydrogens is 349 g/mol. The van der Waals surface area contributed by atoms with Crippen LogP contribution in [0.1, 0.15) is 45.4 Å². The SMILES string of the molecule is Cn1ccnc1C(O)(CC(=O)NCC(C)(C)N1CCCCC1)C(F)(F)F. The highest BCUT2D eigenvalue weighted by atomic mass is 19.4. The van der Waals surface area contributed by atoms with E-state index in [9.17, 15) is 23.1 Å². The van der Waals surface area contributed by atoms with Crippen molar-refractivity contribution in [3.63, 3.8) is 0 Å². The van der Waals surface area contributed by atoms with Crippen LogP contribution in [0.5, 0.6) is 0 Å². The van der Waals surface area contributed by atoms with Gasteiger partial charge in [0, 0.05) is 31.5 Å². The lowest BCUT2D eigenvalue weighted by Gasteiger charge is -2.41. The summed E-state index contributed by atoms with van der Waals surface area (Å²) in [5.41, 5.74) is -3.69. The van der Waals surface area contributed by atoms with Gasteiger partial charge in [-0.3, -0.25) is 9.69 Å². The predicted molar refractivity (Wildman–Crippen MR) is 90.3 cm³/mol. The number of likely N-dealkylation sites (tertiary alicyclic amines) is 1. The normalized spacial score (nSPS) is 19.2. The second-order valence-electron chi connectivity index (χ2n) is 7.53. The Kier molecular flexibility index (Phi) is 6.02. The molecule has 2 rings (SSSR count). The molecule has 0 aromatic carbocycles. The average molecular weight is 376 g/mol. The molecule has 2 N–H and O–H groups in total. The first kappa shape index (κ1) is 20.7. The number of imidazole rings is 1. The van der Waals surface area contributed by atoms with Crippen LogP contribution in [0, 0.1) is 0 Å². The van der Waals surface area contributed by atoms with Crippen molar-refractivity contribution in [1.82, 2.24) is 19.8 Å². The molecule has 9 heteroatoms. The first-order valence-electron chi connectivity index (χ1n) is 8.76. The van der Waals surface area contributed by atoms with Gasteiger partial charge in [-0.25, -0.2) is 4.98 Å². The molecule has 1 fully saturated rings. The summed E-state index contributed by atoms with van der Waals surface area (Å²) in [5, 5.41) is 12.8. The van der Waals surface area contributed by atoms with Gasteiger partial charge in [0.25, 0.3) is 0 Å². The van der Waals surface area contributed by atoms with Gasteiger partial charge in [0.15, 0.2) is 5.82 Å². The molecule has 2 heterocycles. The number of alkyl halides is 3. The summed E-state index contributed by atoms with van der Waals surface area (Å²) in [5.74, 6) is -1.46. The number of nitrogens with zero attached hydrogens (tertiary/aromatic N) is 3. The van der Waals surface area contributed by atoms with Gasteiger partial charge in [-0.05, 0) is 39.8 Å². The highest BCUT2D eigenvalue weighted by Crippen LogP contribution is 2.40. The minimum atomic E-state index is -5.02. The van der Waals surface area contributed by atoms with Crippen LogP contribution in [0.3, 0.4) is 0 Å². The van der Waals surface area contributed by atoms with E-state index in [-0.39, 0.29) is 12.1 Å². The smallest absolute Gasteiger partial charge is 0.374 e. The Hall–Kier alpha value is -1.61. The summed E-state index contributed by atoms with van der Waals surface area (Å²) in [7, 11) is 1.34. The van der Waals surface area contributed by atoms with Crippen LogP contribution in [0.15, 0.2) is 12.4 Å². The number of aromatic nitrogens is 2. The highest BCUT2D eigenvalue weighted by Gasteiger charge is 2.58. The minimum absolute atomic E-state index is 0.209. The van der Waals surface area contributed by atoms with E-state index in [1.807, 2.05) is 13.8 Å². The number of rotatable bonds is 6. The zero-order valence-corrected chi connectivity index (χ0v) is 15.4. The molecule has 1 aliphatic rings. The number of piperidine rings is 1. The largest absolute Gasteiger partial charge is 0.425 e. The number of carbonyl (C=O) groups excluding carboxylic acids is 1. The number of carbonyl (C=O) groups is 1. The number of nitrogens with one attached hydrogen (secondary N) is 1. The van der Waals surface area contributed by atoms with Crippen molar-refractivity contribution in [2.45, 2.75) is 56.8 Å². The number of amides is 1. The maximum Gasteiger partial charge on any atom is 0.425 e. The van der Waals surface area contributed by atoms with Crippen molar-refractivity contribution < 1.29 is 23.1 Å². The molecule has 0 spiro atoms. The van der Waals surface area contributed by atoms with Crippen LogP contribution in [0.25, 0.3) is 0 Å². The van der Waals surface area contributed by atoms with Gasteiger partial charge in [-0.2, -0.15) is 13.2 Å². The maximum atomic E-state index is 13.5. The molecule has 0 bridgehead atoms. The Balaban J connectivity index is 2.05. The predicted octanol–water partition coefficient (Wildman–Crippen LogP) is 1.94. The molecule has 26 heavy (non-hydrogen) atoms. The fourth-order valence-corrected chi connectivity index (χ4v) is 3.29. The van der Waals surface area contributed by atoms with E-state index < -0.39 is 29.9 Å². The van der Waals surface area contributed by atoms with Gasteiger partial charge in [-0.1, -0.05) is 6.42 Å². The summed E-state index contributed by atoms with van der Waals surface area (Å²) < 4.78 is 41.5. The summed E-state index contributed by atoms with van der Waals surface area (Å²) in [6.45, 7) is 5.92. The number of aliphatic hydroxyl groups is 1.